The number of aromatic amines is 1. The van der Waals surface area contributed by atoms with Crippen molar-refractivity contribution in [2.75, 3.05) is 0 Å². The van der Waals surface area contributed by atoms with Gasteiger partial charge in [-0.2, -0.15) is 0 Å². The monoisotopic (exact) mass is 250 g/mol. The Balaban J connectivity index is 1.73. The minimum atomic E-state index is 0.167. The Hall–Kier alpha value is -2.42. The molecule has 1 N–H and O–H groups in total. The summed E-state index contributed by atoms with van der Waals surface area (Å²) in [5.41, 5.74) is 3.73. The maximum Gasteiger partial charge on any atom is 0.163 e. The van der Waals surface area contributed by atoms with E-state index in [4.69, 9.17) is 0 Å². The van der Waals surface area contributed by atoms with Crippen molar-refractivity contribution in [3.63, 3.8) is 0 Å². The van der Waals surface area contributed by atoms with Crippen LogP contribution in [0.3, 0.4) is 0 Å². The molecule has 0 saturated heterocycles. The lowest BCUT2D eigenvalue weighted by molar-refractivity contribution is 0.0983. The summed E-state index contributed by atoms with van der Waals surface area (Å²) in [4.78, 5) is 19.3. The summed E-state index contributed by atoms with van der Waals surface area (Å²) in [5, 5.41) is 0. The smallest absolute Gasteiger partial charge is 0.163 e. The van der Waals surface area contributed by atoms with E-state index in [-0.39, 0.29) is 5.78 Å². The molecule has 3 heteroatoms. The number of ketones is 1. The molecule has 3 rings (SSSR count). The quantitative estimate of drug-likeness (QED) is 0.721. The largest absolute Gasteiger partial charge is 0.345 e. The van der Waals surface area contributed by atoms with Crippen LogP contribution >= 0.6 is 0 Å². The van der Waals surface area contributed by atoms with E-state index in [1.165, 1.54) is 5.56 Å². The first kappa shape index (κ1) is 11.7. The summed E-state index contributed by atoms with van der Waals surface area (Å²) in [6.07, 6.45) is 2.95. The molecule has 0 aliphatic heterocycles. The molecule has 0 radical (unpaired) electrons. The lowest BCUT2D eigenvalue weighted by Crippen LogP contribution is -2.01. The second kappa shape index (κ2) is 5.06. The van der Waals surface area contributed by atoms with Crippen LogP contribution in [0.5, 0.6) is 0 Å². The molecule has 1 heterocycles. The molecule has 0 aliphatic carbocycles. The van der Waals surface area contributed by atoms with E-state index in [0.29, 0.717) is 6.42 Å². The van der Waals surface area contributed by atoms with Gasteiger partial charge in [-0.15, -0.1) is 0 Å². The summed E-state index contributed by atoms with van der Waals surface area (Å²) >= 11 is 0. The Morgan fingerprint density at radius 2 is 1.95 bits per heavy atom. The molecular formula is C16H14N2O. The van der Waals surface area contributed by atoms with Gasteiger partial charge in [0.25, 0.3) is 0 Å². The predicted molar refractivity (Wildman–Crippen MR) is 75.2 cm³/mol. The van der Waals surface area contributed by atoms with E-state index in [2.05, 4.69) is 9.97 Å². The molecule has 0 bridgehead atoms. The Kier molecular flexibility index (Phi) is 3.11. The van der Waals surface area contributed by atoms with E-state index in [0.717, 1.165) is 23.0 Å². The van der Waals surface area contributed by atoms with Crippen LogP contribution in [0.4, 0.5) is 0 Å². The topological polar surface area (TPSA) is 45.8 Å². The molecule has 0 aliphatic rings. The summed E-state index contributed by atoms with van der Waals surface area (Å²) in [7, 11) is 0. The maximum atomic E-state index is 12.1. The molecular weight excluding hydrogens is 236 g/mol. The molecule has 19 heavy (non-hydrogen) atoms. The van der Waals surface area contributed by atoms with Crippen LogP contribution in [-0.4, -0.2) is 15.8 Å². The third-order valence-corrected chi connectivity index (χ3v) is 3.23. The Labute approximate surface area is 111 Å². The number of Topliss-reactive ketones (excluding diaryl/α,β-unsaturated/α-hetero) is 1. The zero-order valence-electron chi connectivity index (χ0n) is 10.5. The third-order valence-electron chi connectivity index (χ3n) is 3.23. The van der Waals surface area contributed by atoms with Crippen LogP contribution in [0.2, 0.25) is 0 Å². The third kappa shape index (κ3) is 2.55. The average molecular weight is 250 g/mol. The van der Waals surface area contributed by atoms with Gasteiger partial charge < -0.3 is 4.98 Å². The zero-order chi connectivity index (χ0) is 13.1. The fourth-order valence-electron chi connectivity index (χ4n) is 2.16. The van der Waals surface area contributed by atoms with Crippen molar-refractivity contribution in [3.05, 3.63) is 66.0 Å². The highest BCUT2D eigenvalue weighted by Crippen LogP contribution is 2.14. The Morgan fingerprint density at radius 3 is 2.79 bits per heavy atom. The summed E-state index contributed by atoms with van der Waals surface area (Å²) in [6.45, 7) is 0. The zero-order valence-corrected chi connectivity index (χ0v) is 10.5. The Morgan fingerprint density at radius 1 is 1.11 bits per heavy atom. The number of rotatable bonds is 4. The van der Waals surface area contributed by atoms with E-state index >= 15 is 0 Å². The molecule has 3 aromatic rings. The number of carbonyl (C=O) groups is 1. The number of benzene rings is 2. The highest BCUT2D eigenvalue weighted by molar-refractivity contribution is 5.98. The number of imidazole rings is 1. The number of nitrogens with one attached hydrogen (secondary N) is 1. The first-order chi connectivity index (χ1) is 9.33. The number of aromatic nitrogens is 2. The number of nitrogens with zero attached hydrogens (tertiary/aromatic N) is 1. The van der Waals surface area contributed by atoms with Gasteiger partial charge in [0.15, 0.2) is 5.78 Å². The van der Waals surface area contributed by atoms with E-state index in [1.807, 2.05) is 48.5 Å². The van der Waals surface area contributed by atoms with Crippen LogP contribution in [0.1, 0.15) is 22.3 Å². The van der Waals surface area contributed by atoms with E-state index < -0.39 is 0 Å². The SMILES string of the molecule is O=C(CCc1ccccc1)c1ccc2nc[nH]c2c1. The highest BCUT2D eigenvalue weighted by atomic mass is 16.1. The molecule has 0 unspecified atom stereocenters. The molecule has 94 valence electrons. The molecule has 1 aromatic heterocycles. The molecule has 3 nitrogen and oxygen atoms in total. The van der Waals surface area contributed by atoms with Crippen molar-refractivity contribution >= 4 is 16.8 Å². The summed E-state index contributed by atoms with van der Waals surface area (Å²) in [6, 6.07) is 15.7. The second-order valence-electron chi connectivity index (χ2n) is 4.54. The summed E-state index contributed by atoms with van der Waals surface area (Å²) in [5.74, 6) is 0.167. The minimum absolute atomic E-state index is 0.167. The molecule has 0 atom stereocenters. The van der Waals surface area contributed by atoms with Gasteiger partial charge in [-0.3, -0.25) is 4.79 Å². The van der Waals surface area contributed by atoms with Gasteiger partial charge >= 0.3 is 0 Å². The number of hydrogen-bond acceptors (Lipinski definition) is 2. The van der Waals surface area contributed by atoms with E-state index in [1.54, 1.807) is 6.33 Å². The van der Waals surface area contributed by atoms with Crippen molar-refractivity contribution in [3.8, 4) is 0 Å². The van der Waals surface area contributed by atoms with Crippen LogP contribution in [0.15, 0.2) is 54.9 Å². The highest BCUT2D eigenvalue weighted by Gasteiger charge is 2.07. The molecule has 0 spiro atoms. The van der Waals surface area contributed by atoms with Crippen LogP contribution in [0.25, 0.3) is 11.0 Å². The van der Waals surface area contributed by atoms with Crippen LogP contribution in [-0.2, 0) is 6.42 Å². The number of aryl methyl sites for hydroxylation is 1. The molecule has 2 aromatic carbocycles. The van der Waals surface area contributed by atoms with Gasteiger partial charge in [-0.1, -0.05) is 30.3 Å². The van der Waals surface area contributed by atoms with Gasteiger partial charge in [0.2, 0.25) is 0 Å². The van der Waals surface area contributed by atoms with Crippen molar-refractivity contribution in [2.45, 2.75) is 12.8 Å². The van der Waals surface area contributed by atoms with Gasteiger partial charge in [0, 0.05) is 12.0 Å². The molecule has 0 amide bonds. The predicted octanol–water partition coefficient (Wildman–Crippen LogP) is 3.38. The Bertz CT molecular complexity index is 701. The van der Waals surface area contributed by atoms with Gasteiger partial charge in [0.1, 0.15) is 0 Å². The lowest BCUT2D eigenvalue weighted by atomic mass is 10.0. The lowest BCUT2D eigenvalue weighted by Gasteiger charge is -2.02. The fraction of sp³-hybridized carbons (Fsp3) is 0.125. The van der Waals surface area contributed by atoms with Crippen LogP contribution < -0.4 is 0 Å². The number of H-pyrrole nitrogens is 1. The maximum absolute atomic E-state index is 12.1. The molecule has 0 fully saturated rings. The number of carbonyl (C=O) groups excluding carboxylic acids is 1. The summed E-state index contributed by atoms with van der Waals surface area (Å²) < 4.78 is 0. The van der Waals surface area contributed by atoms with Crippen molar-refractivity contribution < 1.29 is 4.79 Å². The van der Waals surface area contributed by atoms with Crippen molar-refractivity contribution in [1.82, 2.24) is 9.97 Å². The minimum Gasteiger partial charge on any atom is -0.345 e. The number of fused-ring (bicyclic) bond motifs is 1. The van der Waals surface area contributed by atoms with Gasteiger partial charge in [0.05, 0.1) is 17.4 Å². The second-order valence-corrected chi connectivity index (χ2v) is 4.54. The van der Waals surface area contributed by atoms with Gasteiger partial charge in [-0.05, 0) is 30.2 Å². The van der Waals surface area contributed by atoms with Crippen LogP contribution in [0, 0.1) is 0 Å². The van der Waals surface area contributed by atoms with Gasteiger partial charge in [-0.25, -0.2) is 4.98 Å². The average Bonchev–Trinajstić information content (AvgIpc) is 2.93. The first-order valence-electron chi connectivity index (χ1n) is 6.33. The standard InChI is InChI=1S/C16H14N2O/c19-16(9-6-12-4-2-1-3-5-12)13-7-8-14-15(10-13)18-11-17-14/h1-5,7-8,10-11H,6,9H2,(H,17,18). The van der Waals surface area contributed by atoms with Crippen molar-refractivity contribution in [2.24, 2.45) is 0 Å². The van der Waals surface area contributed by atoms with E-state index in [9.17, 15) is 4.79 Å². The van der Waals surface area contributed by atoms with Crippen molar-refractivity contribution in [1.29, 1.82) is 0 Å². The number of hydrogen-bond donors (Lipinski definition) is 1. The fourth-order valence-corrected chi connectivity index (χ4v) is 2.16. The first-order valence-corrected chi connectivity index (χ1v) is 6.33. The molecule has 0 saturated carbocycles. The normalized spacial score (nSPS) is 10.7.